The highest BCUT2D eigenvalue weighted by atomic mass is 19.1. The number of carboxylic acid groups (broad SMARTS) is 1. The van der Waals surface area contributed by atoms with Gasteiger partial charge in [-0.2, -0.15) is 0 Å². The Balaban J connectivity index is 2.05. The number of rotatable bonds is 2. The van der Waals surface area contributed by atoms with Gasteiger partial charge in [0.1, 0.15) is 17.0 Å². The third-order valence-electron chi connectivity index (χ3n) is 4.68. The van der Waals surface area contributed by atoms with Gasteiger partial charge in [0.25, 0.3) is 5.56 Å². The Kier molecular flexibility index (Phi) is 3.91. The predicted molar refractivity (Wildman–Crippen MR) is 94.0 cm³/mol. The number of para-hydroxylation sites is 1. The molecule has 132 valence electrons. The first-order valence-electron chi connectivity index (χ1n) is 8.34. The molecule has 2 aromatic carbocycles. The van der Waals surface area contributed by atoms with Crippen molar-refractivity contribution in [2.45, 2.75) is 18.9 Å². The summed E-state index contributed by atoms with van der Waals surface area (Å²) in [6.07, 6.45) is 0.190. The highest BCUT2D eigenvalue weighted by Gasteiger charge is 2.34. The fraction of sp³-hybridized carbons (Fsp3) is 0.211. The van der Waals surface area contributed by atoms with Crippen molar-refractivity contribution in [2.24, 2.45) is 0 Å². The largest absolute Gasteiger partial charge is 0.465 e. The summed E-state index contributed by atoms with van der Waals surface area (Å²) in [6.45, 7) is 0.381. The van der Waals surface area contributed by atoms with Crippen molar-refractivity contribution in [3.63, 3.8) is 0 Å². The van der Waals surface area contributed by atoms with Crippen LogP contribution in [0, 0.1) is 5.82 Å². The van der Waals surface area contributed by atoms with Gasteiger partial charge in [0.05, 0.1) is 17.2 Å². The Morgan fingerprint density at radius 3 is 2.65 bits per heavy atom. The summed E-state index contributed by atoms with van der Waals surface area (Å²) in [5.41, 5.74) is 0.225. The second-order valence-electron chi connectivity index (χ2n) is 6.21. The quantitative estimate of drug-likeness (QED) is 0.767. The molecule has 6 nitrogen and oxygen atoms in total. The van der Waals surface area contributed by atoms with E-state index in [-0.39, 0.29) is 10.9 Å². The Morgan fingerprint density at radius 1 is 1.15 bits per heavy atom. The van der Waals surface area contributed by atoms with Crippen molar-refractivity contribution in [2.75, 3.05) is 6.54 Å². The van der Waals surface area contributed by atoms with E-state index in [1.807, 2.05) is 6.07 Å². The molecule has 1 aromatic heterocycles. The standard InChI is InChI=1S/C19H16FN3O3/c20-13-8-4-9-14-16(13)18(24)23(12-6-2-1-3-7-12)17(21-14)15-10-5-11-22(15)19(25)26/h1-4,6-9,15H,5,10-11H2,(H,25,26)/t15-/m0/s1. The molecular weight excluding hydrogens is 337 g/mol. The topological polar surface area (TPSA) is 75.4 Å². The van der Waals surface area contributed by atoms with Crippen molar-refractivity contribution in [1.82, 2.24) is 14.5 Å². The number of aromatic nitrogens is 2. The molecule has 0 saturated carbocycles. The summed E-state index contributed by atoms with van der Waals surface area (Å²) in [5.74, 6) is -0.322. The van der Waals surface area contributed by atoms with E-state index in [4.69, 9.17) is 0 Å². The van der Waals surface area contributed by atoms with Crippen LogP contribution in [0.3, 0.4) is 0 Å². The number of carbonyl (C=O) groups is 1. The molecule has 0 bridgehead atoms. The van der Waals surface area contributed by atoms with Gasteiger partial charge in [-0.25, -0.2) is 14.2 Å². The fourth-order valence-corrected chi connectivity index (χ4v) is 3.52. The van der Waals surface area contributed by atoms with Crippen LogP contribution in [0.2, 0.25) is 0 Å². The normalized spacial score (nSPS) is 17.0. The van der Waals surface area contributed by atoms with Crippen LogP contribution in [0.25, 0.3) is 16.6 Å². The minimum Gasteiger partial charge on any atom is -0.465 e. The van der Waals surface area contributed by atoms with Gasteiger partial charge < -0.3 is 5.11 Å². The van der Waals surface area contributed by atoms with Gasteiger partial charge in [-0.3, -0.25) is 14.3 Å². The molecule has 1 aliphatic heterocycles. The number of nitrogens with zero attached hydrogens (tertiary/aromatic N) is 3. The lowest BCUT2D eigenvalue weighted by atomic mass is 10.1. The average molecular weight is 353 g/mol. The van der Waals surface area contributed by atoms with E-state index >= 15 is 0 Å². The van der Waals surface area contributed by atoms with Crippen LogP contribution < -0.4 is 5.56 Å². The van der Waals surface area contributed by atoms with Gasteiger partial charge in [-0.15, -0.1) is 0 Å². The van der Waals surface area contributed by atoms with E-state index in [1.165, 1.54) is 21.6 Å². The van der Waals surface area contributed by atoms with Crippen LogP contribution >= 0.6 is 0 Å². The molecule has 1 aliphatic rings. The van der Waals surface area contributed by atoms with E-state index in [1.54, 1.807) is 30.3 Å². The van der Waals surface area contributed by atoms with Crippen LogP contribution in [-0.4, -0.2) is 32.2 Å². The highest BCUT2D eigenvalue weighted by Crippen LogP contribution is 2.32. The van der Waals surface area contributed by atoms with Gasteiger partial charge in [-0.05, 0) is 37.1 Å². The number of hydrogen-bond acceptors (Lipinski definition) is 3. The van der Waals surface area contributed by atoms with Crippen molar-refractivity contribution >= 4 is 17.0 Å². The van der Waals surface area contributed by atoms with Crippen molar-refractivity contribution in [3.8, 4) is 5.69 Å². The van der Waals surface area contributed by atoms with E-state index < -0.39 is 23.5 Å². The maximum Gasteiger partial charge on any atom is 0.407 e. The smallest absolute Gasteiger partial charge is 0.407 e. The summed E-state index contributed by atoms with van der Waals surface area (Å²) in [6, 6.07) is 12.5. The Hall–Kier alpha value is -3.22. The highest BCUT2D eigenvalue weighted by molar-refractivity contribution is 5.79. The van der Waals surface area contributed by atoms with E-state index in [9.17, 15) is 19.1 Å². The molecule has 1 N–H and O–H groups in total. The van der Waals surface area contributed by atoms with Crippen LogP contribution in [0.15, 0.2) is 53.3 Å². The van der Waals surface area contributed by atoms with Crippen LogP contribution in [0.1, 0.15) is 24.7 Å². The molecule has 0 aliphatic carbocycles. The number of likely N-dealkylation sites (tertiary alicyclic amines) is 1. The van der Waals surface area contributed by atoms with Gasteiger partial charge in [0.2, 0.25) is 0 Å². The Labute approximate surface area is 148 Å². The maximum absolute atomic E-state index is 14.3. The van der Waals surface area contributed by atoms with Crippen molar-refractivity contribution in [3.05, 3.63) is 70.5 Å². The number of amides is 1. The number of benzene rings is 2. The Bertz CT molecular complexity index is 1050. The van der Waals surface area contributed by atoms with Crippen LogP contribution in [-0.2, 0) is 0 Å². The first kappa shape index (κ1) is 16.3. The molecule has 1 atom stereocenters. The molecule has 4 rings (SSSR count). The third-order valence-corrected chi connectivity index (χ3v) is 4.68. The summed E-state index contributed by atoms with van der Waals surface area (Å²) < 4.78 is 15.6. The molecule has 0 spiro atoms. The Morgan fingerprint density at radius 2 is 1.92 bits per heavy atom. The van der Waals surface area contributed by atoms with Gasteiger partial charge >= 0.3 is 6.09 Å². The lowest BCUT2D eigenvalue weighted by Gasteiger charge is -2.24. The molecule has 1 amide bonds. The third kappa shape index (κ3) is 2.52. The van der Waals surface area contributed by atoms with Gasteiger partial charge in [0.15, 0.2) is 0 Å². The van der Waals surface area contributed by atoms with Crippen LogP contribution in [0.5, 0.6) is 0 Å². The molecule has 7 heteroatoms. The lowest BCUT2D eigenvalue weighted by Crippen LogP contribution is -2.34. The number of fused-ring (bicyclic) bond motifs is 1. The molecule has 0 radical (unpaired) electrons. The first-order valence-corrected chi connectivity index (χ1v) is 8.34. The molecule has 1 fully saturated rings. The van der Waals surface area contributed by atoms with Gasteiger partial charge in [-0.1, -0.05) is 24.3 Å². The summed E-state index contributed by atoms with van der Waals surface area (Å²) in [4.78, 5) is 30.5. The minimum absolute atomic E-state index is 0.0972. The minimum atomic E-state index is -1.05. The summed E-state index contributed by atoms with van der Waals surface area (Å²) in [5, 5.41) is 9.39. The summed E-state index contributed by atoms with van der Waals surface area (Å²) >= 11 is 0. The molecule has 26 heavy (non-hydrogen) atoms. The average Bonchev–Trinajstić information content (AvgIpc) is 3.12. The zero-order valence-corrected chi connectivity index (χ0v) is 13.8. The van der Waals surface area contributed by atoms with Crippen molar-refractivity contribution in [1.29, 1.82) is 0 Å². The second-order valence-corrected chi connectivity index (χ2v) is 6.21. The SMILES string of the molecule is O=C(O)N1CCC[C@H]1c1nc2cccc(F)c2c(=O)n1-c1ccccc1. The van der Waals surface area contributed by atoms with E-state index in [0.29, 0.717) is 30.9 Å². The number of hydrogen-bond donors (Lipinski definition) is 1. The van der Waals surface area contributed by atoms with Gasteiger partial charge in [0, 0.05) is 6.54 Å². The maximum atomic E-state index is 14.3. The molecule has 2 heterocycles. The molecule has 3 aromatic rings. The molecular formula is C19H16FN3O3. The monoisotopic (exact) mass is 353 g/mol. The van der Waals surface area contributed by atoms with Crippen LogP contribution in [0.4, 0.5) is 9.18 Å². The zero-order chi connectivity index (χ0) is 18.3. The second kappa shape index (κ2) is 6.25. The zero-order valence-electron chi connectivity index (χ0n) is 13.8. The molecule has 1 saturated heterocycles. The lowest BCUT2D eigenvalue weighted by molar-refractivity contribution is 0.138. The van der Waals surface area contributed by atoms with E-state index in [2.05, 4.69) is 4.98 Å². The van der Waals surface area contributed by atoms with E-state index in [0.717, 1.165) is 0 Å². The predicted octanol–water partition coefficient (Wildman–Crippen LogP) is 3.34. The number of halogens is 1. The molecule has 0 unspecified atom stereocenters. The fourth-order valence-electron chi connectivity index (χ4n) is 3.52. The summed E-state index contributed by atoms with van der Waals surface area (Å²) in [7, 11) is 0. The first-order chi connectivity index (χ1) is 12.6. The van der Waals surface area contributed by atoms with Crippen molar-refractivity contribution < 1.29 is 14.3 Å².